The van der Waals surface area contributed by atoms with Crippen molar-refractivity contribution in [1.29, 1.82) is 0 Å². The lowest BCUT2D eigenvalue weighted by molar-refractivity contribution is -0.703. The second-order valence-electron chi connectivity index (χ2n) is 2.56. The Kier molecular flexibility index (Phi) is 2.36. The maximum Gasteiger partial charge on any atom is 0.451 e. The first-order valence-electron chi connectivity index (χ1n) is 3.87. The van der Waals surface area contributed by atoms with Crippen LogP contribution in [0, 0.1) is 10.4 Å². The van der Waals surface area contributed by atoms with Crippen molar-refractivity contribution in [3.05, 3.63) is 10.4 Å². The fraction of sp³-hybridized carbons (Fsp3) is 0.333. The van der Waals surface area contributed by atoms with E-state index < -0.39 is 17.5 Å². The standard InChI is InChI=1S/C6H11N5O3/c1-2-9-5-3(12)4(7)10(13)6(8)11(5)14/h9,12H,2,7-8H2,1H3. The van der Waals surface area contributed by atoms with E-state index >= 15 is 0 Å². The molecule has 1 heterocycles. The highest BCUT2D eigenvalue weighted by molar-refractivity contribution is 5.56. The number of anilines is 3. The summed E-state index contributed by atoms with van der Waals surface area (Å²) >= 11 is 0. The molecule has 8 nitrogen and oxygen atoms in total. The van der Waals surface area contributed by atoms with Crippen molar-refractivity contribution >= 4 is 17.6 Å². The molecule has 8 heteroatoms. The normalized spacial score (nSPS) is 10.1. The van der Waals surface area contributed by atoms with Crippen LogP contribution in [0.2, 0.25) is 0 Å². The van der Waals surface area contributed by atoms with Gasteiger partial charge in [0.15, 0.2) is 0 Å². The van der Waals surface area contributed by atoms with E-state index in [-0.39, 0.29) is 15.3 Å². The quantitative estimate of drug-likeness (QED) is 0.331. The Labute approximate surface area is 79.5 Å². The van der Waals surface area contributed by atoms with Crippen LogP contribution in [-0.2, 0) is 0 Å². The molecule has 0 spiro atoms. The molecule has 0 amide bonds. The van der Waals surface area contributed by atoms with Gasteiger partial charge in [0.1, 0.15) is 0 Å². The first kappa shape index (κ1) is 9.96. The lowest BCUT2D eigenvalue weighted by Gasteiger charge is -2.15. The smallest absolute Gasteiger partial charge is 0.451 e. The molecule has 0 bridgehead atoms. The van der Waals surface area contributed by atoms with Crippen LogP contribution in [-0.4, -0.2) is 11.7 Å². The highest BCUT2D eigenvalue weighted by atomic mass is 16.5. The van der Waals surface area contributed by atoms with Crippen LogP contribution < -0.4 is 26.2 Å². The van der Waals surface area contributed by atoms with Gasteiger partial charge in [0.05, 0.1) is 0 Å². The fourth-order valence-electron chi connectivity index (χ4n) is 0.957. The van der Waals surface area contributed by atoms with Gasteiger partial charge < -0.3 is 20.8 Å². The van der Waals surface area contributed by atoms with E-state index in [2.05, 4.69) is 5.32 Å². The van der Waals surface area contributed by atoms with Crippen LogP contribution in [0.15, 0.2) is 0 Å². The maximum absolute atomic E-state index is 11.2. The van der Waals surface area contributed by atoms with E-state index in [1.165, 1.54) is 0 Å². The number of nitrogens with two attached hydrogens (primary N) is 2. The topological polar surface area (TPSA) is 138 Å². The number of hydrogen-bond acceptors (Lipinski definition) is 6. The highest BCUT2D eigenvalue weighted by Crippen LogP contribution is 2.23. The van der Waals surface area contributed by atoms with E-state index in [1.807, 2.05) is 0 Å². The third kappa shape index (κ3) is 1.26. The molecule has 78 valence electrons. The number of hydrogen-bond donors (Lipinski definition) is 4. The molecule has 0 aliphatic rings. The Hall–Kier alpha value is -2.12. The van der Waals surface area contributed by atoms with Crippen molar-refractivity contribution in [3.63, 3.8) is 0 Å². The minimum atomic E-state index is -0.642. The molecule has 14 heavy (non-hydrogen) atoms. The summed E-state index contributed by atoms with van der Waals surface area (Å²) in [7, 11) is 0. The van der Waals surface area contributed by atoms with Crippen LogP contribution in [0.4, 0.5) is 17.6 Å². The minimum Gasteiger partial charge on any atom is -0.706 e. The lowest BCUT2D eigenvalue weighted by Crippen LogP contribution is -2.49. The van der Waals surface area contributed by atoms with Crippen molar-refractivity contribution in [1.82, 2.24) is 0 Å². The Morgan fingerprint density at radius 1 is 1.36 bits per heavy atom. The summed E-state index contributed by atoms with van der Waals surface area (Å²) in [6, 6.07) is 0. The first-order valence-corrected chi connectivity index (χ1v) is 3.87. The summed E-state index contributed by atoms with van der Waals surface area (Å²) in [6.45, 7) is 2.10. The molecule has 0 fully saturated rings. The molecule has 0 unspecified atom stereocenters. The van der Waals surface area contributed by atoms with Gasteiger partial charge in [0, 0.05) is 6.54 Å². The largest absolute Gasteiger partial charge is 0.706 e. The summed E-state index contributed by atoms with van der Waals surface area (Å²) in [5.74, 6) is -1.98. The summed E-state index contributed by atoms with van der Waals surface area (Å²) in [5.41, 5.74) is 10.4. The number of nitrogens with zero attached hydrogens (tertiary/aromatic N) is 2. The molecule has 0 atom stereocenters. The summed E-state index contributed by atoms with van der Waals surface area (Å²) in [6.07, 6.45) is 0. The Morgan fingerprint density at radius 2 is 1.93 bits per heavy atom. The molecule has 1 aromatic rings. The molecule has 0 radical (unpaired) electrons. The van der Waals surface area contributed by atoms with Crippen molar-refractivity contribution in [2.75, 3.05) is 23.3 Å². The van der Waals surface area contributed by atoms with Gasteiger partial charge in [-0.05, 0) is 6.92 Å². The Balaban J connectivity index is 3.43. The SMILES string of the molecule is CCNc1c(O)c(N)[n+]([O-])c(N)[n+]1[O-]. The molecular weight excluding hydrogens is 190 g/mol. The van der Waals surface area contributed by atoms with Crippen LogP contribution in [0.5, 0.6) is 5.75 Å². The Bertz CT molecular complexity index is 338. The van der Waals surface area contributed by atoms with Gasteiger partial charge in [0.2, 0.25) is 0 Å². The van der Waals surface area contributed by atoms with Gasteiger partial charge in [-0.3, -0.25) is 5.73 Å². The van der Waals surface area contributed by atoms with Crippen LogP contribution in [0.3, 0.4) is 0 Å². The summed E-state index contributed by atoms with van der Waals surface area (Å²) < 4.78 is 0.0470. The molecule has 0 aliphatic carbocycles. The number of aromatic hydroxyl groups is 1. The van der Waals surface area contributed by atoms with Gasteiger partial charge in [-0.1, -0.05) is 0 Å². The zero-order valence-corrected chi connectivity index (χ0v) is 7.52. The Morgan fingerprint density at radius 3 is 2.43 bits per heavy atom. The number of aromatic nitrogens is 2. The number of nitrogens with one attached hydrogen (secondary N) is 1. The van der Waals surface area contributed by atoms with E-state index in [9.17, 15) is 15.5 Å². The van der Waals surface area contributed by atoms with Crippen LogP contribution in [0.25, 0.3) is 0 Å². The molecule has 0 saturated heterocycles. The summed E-state index contributed by atoms with van der Waals surface area (Å²) in [5, 5.41) is 34.1. The molecule has 1 rings (SSSR count). The van der Waals surface area contributed by atoms with Crippen molar-refractivity contribution in [2.24, 2.45) is 0 Å². The molecule has 0 saturated carbocycles. The average Bonchev–Trinajstić information content (AvgIpc) is 2.19. The minimum absolute atomic E-state index is 0.0385. The van der Waals surface area contributed by atoms with Gasteiger partial charge in [-0.15, -0.1) is 0 Å². The van der Waals surface area contributed by atoms with Crippen LogP contribution >= 0.6 is 0 Å². The van der Waals surface area contributed by atoms with Crippen molar-refractivity contribution < 1.29 is 14.6 Å². The van der Waals surface area contributed by atoms with Gasteiger partial charge in [-0.25, -0.2) is 5.73 Å². The van der Waals surface area contributed by atoms with E-state index in [0.29, 0.717) is 6.54 Å². The zero-order chi connectivity index (χ0) is 10.9. The highest BCUT2D eigenvalue weighted by Gasteiger charge is 2.22. The van der Waals surface area contributed by atoms with Gasteiger partial charge >= 0.3 is 11.8 Å². The van der Waals surface area contributed by atoms with E-state index in [0.717, 1.165) is 0 Å². The molecule has 6 N–H and O–H groups in total. The number of rotatable bonds is 2. The van der Waals surface area contributed by atoms with Crippen molar-refractivity contribution in [3.8, 4) is 5.75 Å². The third-order valence-corrected chi connectivity index (χ3v) is 1.65. The van der Waals surface area contributed by atoms with Gasteiger partial charge in [-0.2, -0.15) is 9.46 Å². The lowest BCUT2D eigenvalue weighted by atomic mass is 10.4. The van der Waals surface area contributed by atoms with E-state index in [1.54, 1.807) is 6.92 Å². The second-order valence-corrected chi connectivity index (χ2v) is 2.56. The second kappa shape index (κ2) is 3.32. The average molecular weight is 201 g/mol. The maximum atomic E-state index is 11.2. The predicted octanol–water partition coefficient (Wildman–Crippen LogP) is -1.74. The van der Waals surface area contributed by atoms with Crippen molar-refractivity contribution in [2.45, 2.75) is 6.92 Å². The number of nitrogen functional groups attached to an aromatic ring is 2. The first-order chi connectivity index (χ1) is 6.50. The zero-order valence-electron chi connectivity index (χ0n) is 7.52. The molecule has 0 aromatic carbocycles. The van der Waals surface area contributed by atoms with E-state index in [4.69, 9.17) is 11.5 Å². The monoisotopic (exact) mass is 201 g/mol. The molecule has 0 aliphatic heterocycles. The fourth-order valence-corrected chi connectivity index (χ4v) is 0.957. The molecular formula is C6H11N5O3. The summed E-state index contributed by atoms with van der Waals surface area (Å²) in [4.78, 5) is 0. The van der Waals surface area contributed by atoms with Gasteiger partial charge in [0.25, 0.3) is 11.6 Å². The third-order valence-electron chi connectivity index (χ3n) is 1.65. The van der Waals surface area contributed by atoms with Crippen LogP contribution in [0.1, 0.15) is 6.92 Å². The predicted molar refractivity (Wildman–Crippen MR) is 49.0 cm³/mol. The molecule has 1 aromatic heterocycles.